The molecule has 1 aliphatic rings. The van der Waals surface area contributed by atoms with Gasteiger partial charge in [-0.05, 0) is 31.6 Å². The van der Waals surface area contributed by atoms with Crippen LogP contribution in [0.3, 0.4) is 0 Å². The van der Waals surface area contributed by atoms with Crippen molar-refractivity contribution in [2.24, 2.45) is 5.92 Å². The number of amides is 1. The zero-order chi connectivity index (χ0) is 13.8. The van der Waals surface area contributed by atoms with Crippen molar-refractivity contribution in [1.29, 1.82) is 0 Å². The second kappa shape index (κ2) is 6.08. The average molecular weight is 264 g/mol. The lowest BCUT2D eigenvalue weighted by molar-refractivity contribution is 0.0755. The first-order valence-electron chi connectivity index (χ1n) is 7.29. The van der Waals surface area contributed by atoms with Gasteiger partial charge in [0.15, 0.2) is 5.69 Å². The molecule has 0 spiro atoms. The Bertz CT molecular complexity index is 441. The summed E-state index contributed by atoms with van der Waals surface area (Å²) >= 11 is 0. The van der Waals surface area contributed by atoms with E-state index in [2.05, 4.69) is 17.1 Å². The number of aromatic nitrogens is 2. The Hall–Kier alpha value is -1.52. The monoisotopic (exact) mass is 264 g/mol. The predicted octanol–water partition coefficient (Wildman–Crippen LogP) is 2.21. The Morgan fingerprint density at radius 1 is 1.42 bits per heavy atom. The van der Waals surface area contributed by atoms with Crippen molar-refractivity contribution in [3.8, 4) is 0 Å². The Morgan fingerprint density at radius 2 is 2.21 bits per heavy atom. The van der Waals surface area contributed by atoms with E-state index in [-0.39, 0.29) is 5.91 Å². The molecule has 0 saturated carbocycles. The number of H-pyrrole nitrogens is 1. The number of hydrogen-bond acceptors (Lipinski definition) is 3. The van der Waals surface area contributed by atoms with Crippen LogP contribution in [0.5, 0.6) is 0 Å². The average Bonchev–Trinajstić information content (AvgIpc) is 2.65. The fourth-order valence-electron chi connectivity index (χ4n) is 2.75. The molecule has 0 aromatic carbocycles. The van der Waals surface area contributed by atoms with Crippen LogP contribution in [0.25, 0.3) is 0 Å². The zero-order valence-corrected chi connectivity index (χ0v) is 11.9. The number of anilines is 1. The molecule has 106 valence electrons. The Balaban J connectivity index is 2.08. The van der Waals surface area contributed by atoms with Gasteiger partial charge in [0.2, 0.25) is 0 Å². The van der Waals surface area contributed by atoms with Crippen molar-refractivity contribution < 1.29 is 4.79 Å². The molecule has 1 aromatic rings. The SMILES string of the molecule is CCc1[nH]nc(C(=O)N2CCCC(CC)CC2)c1N. The van der Waals surface area contributed by atoms with Gasteiger partial charge in [-0.3, -0.25) is 9.89 Å². The summed E-state index contributed by atoms with van der Waals surface area (Å²) in [6.07, 6.45) is 5.36. The van der Waals surface area contributed by atoms with Crippen LogP contribution >= 0.6 is 0 Å². The molecule has 19 heavy (non-hydrogen) atoms. The molecule has 2 rings (SSSR count). The van der Waals surface area contributed by atoms with Gasteiger partial charge >= 0.3 is 0 Å². The minimum absolute atomic E-state index is 0.0230. The molecule has 2 heterocycles. The van der Waals surface area contributed by atoms with Crippen LogP contribution in [0.15, 0.2) is 0 Å². The number of carbonyl (C=O) groups is 1. The lowest BCUT2D eigenvalue weighted by Gasteiger charge is -2.19. The molecule has 0 aliphatic carbocycles. The standard InChI is InChI=1S/C14H24N4O/c1-3-10-6-5-8-18(9-7-10)14(19)13-12(15)11(4-2)16-17-13/h10H,3-9,15H2,1-2H3,(H,16,17). The summed E-state index contributed by atoms with van der Waals surface area (Å²) in [4.78, 5) is 14.4. The Morgan fingerprint density at radius 3 is 2.84 bits per heavy atom. The molecule has 1 aliphatic heterocycles. The topological polar surface area (TPSA) is 75.0 Å². The molecular weight excluding hydrogens is 240 g/mol. The minimum Gasteiger partial charge on any atom is -0.395 e. The number of nitrogens with zero attached hydrogens (tertiary/aromatic N) is 2. The fraction of sp³-hybridized carbons (Fsp3) is 0.714. The highest BCUT2D eigenvalue weighted by atomic mass is 16.2. The van der Waals surface area contributed by atoms with Crippen molar-refractivity contribution in [1.82, 2.24) is 15.1 Å². The molecule has 3 N–H and O–H groups in total. The van der Waals surface area contributed by atoms with Gasteiger partial charge in [-0.1, -0.05) is 20.3 Å². The van der Waals surface area contributed by atoms with Crippen molar-refractivity contribution in [2.45, 2.75) is 46.0 Å². The summed E-state index contributed by atoms with van der Waals surface area (Å²) < 4.78 is 0. The first kappa shape index (κ1) is 13.9. The first-order chi connectivity index (χ1) is 9.17. The lowest BCUT2D eigenvalue weighted by atomic mass is 9.98. The third kappa shape index (κ3) is 2.91. The molecule has 1 saturated heterocycles. The van der Waals surface area contributed by atoms with Gasteiger partial charge in [0, 0.05) is 13.1 Å². The van der Waals surface area contributed by atoms with Crippen LogP contribution in [-0.4, -0.2) is 34.1 Å². The minimum atomic E-state index is -0.0230. The summed E-state index contributed by atoms with van der Waals surface area (Å²) in [5, 5.41) is 6.95. The second-order valence-corrected chi connectivity index (χ2v) is 5.32. The number of rotatable bonds is 3. The van der Waals surface area contributed by atoms with E-state index in [1.165, 1.54) is 12.8 Å². The van der Waals surface area contributed by atoms with Crippen LogP contribution < -0.4 is 5.73 Å². The van der Waals surface area contributed by atoms with Gasteiger partial charge in [0.05, 0.1) is 11.4 Å². The van der Waals surface area contributed by atoms with E-state index in [0.717, 1.165) is 44.0 Å². The quantitative estimate of drug-likeness (QED) is 0.879. The molecule has 1 fully saturated rings. The number of nitrogen functional groups attached to an aromatic ring is 1. The zero-order valence-electron chi connectivity index (χ0n) is 11.9. The first-order valence-corrected chi connectivity index (χ1v) is 7.29. The number of carbonyl (C=O) groups excluding carboxylic acids is 1. The molecule has 5 heteroatoms. The van der Waals surface area contributed by atoms with Gasteiger partial charge in [-0.15, -0.1) is 0 Å². The second-order valence-electron chi connectivity index (χ2n) is 5.32. The van der Waals surface area contributed by atoms with Gasteiger partial charge in [0.25, 0.3) is 5.91 Å². The normalized spacial score (nSPS) is 20.3. The van der Waals surface area contributed by atoms with Gasteiger partial charge in [-0.2, -0.15) is 5.10 Å². The summed E-state index contributed by atoms with van der Waals surface area (Å²) in [5.41, 5.74) is 7.74. The van der Waals surface area contributed by atoms with Crippen LogP contribution in [0.4, 0.5) is 5.69 Å². The summed E-state index contributed by atoms with van der Waals surface area (Å²) in [7, 11) is 0. The summed E-state index contributed by atoms with van der Waals surface area (Å²) in [5.74, 6) is 0.728. The van der Waals surface area contributed by atoms with Crippen LogP contribution in [0.2, 0.25) is 0 Å². The van der Waals surface area contributed by atoms with Crippen molar-refractivity contribution in [3.63, 3.8) is 0 Å². The highest BCUT2D eigenvalue weighted by molar-refractivity contribution is 5.97. The van der Waals surface area contributed by atoms with E-state index < -0.39 is 0 Å². The molecule has 5 nitrogen and oxygen atoms in total. The van der Waals surface area contributed by atoms with Crippen LogP contribution in [0, 0.1) is 5.92 Å². The number of nitrogens with two attached hydrogens (primary N) is 1. The maximum Gasteiger partial charge on any atom is 0.276 e. The number of hydrogen-bond donors (Lipinski definition) is 2. The molecule has 0 radical (unpaired) electrons. The van der Waals surface area contributed by atoms with Crippen molar-refractivity contribution >= 4 is 11.6 Å². The lowest BCUT2D eigenvalue weighted by Crippen LogP contribution is -2.32. The number of nitrogens with one attached hydrogen (secondary N) is 1. The number of likely N-dealkylation sites (tertiary alicyclic amines) is 1. The molecule has 1 aromatic heterocycles. The number of aryl methyl sites for hydroxylation is 1. The van der Waals surface area contributed by atoms with E-state index in [1.807, 2.05) is 11.8 Å². The molecular formula is C14H24N4O. The number of aromatic amines is 1. The predicted molar refractivity (Wildman–Crippen MR) is 75.9 cm³/mol. The van der Waals surface area contributed by atoms with Crippen LogP contribution in [-0.2, 0) is 6.42 Å². The third-order valence-corrected chi connectivity index (χ3v) is 4.15. The van der Waals surface area contributed by atoms with E-state index >= 15 is 0 Å². The largest absolute Gasteiger partial charge is 0.395 e. The van der Waals surface area contributed by atoms with Gasteiger partial charge in [0.1, 0.15) is 0 Å². The molecule has 1 unspecified atom stereocenters. The van der Waals surface area contributed by atoms with Crippen molar-refractivity contribution in [2.75, 3.05) is 18.8 Å². The molecule has 1 atom stereocenters. The summed E-state index contributed by atoms with van der Waals surface area (Å²) in [6.45, 7) is 5.87. The summed E-state index contributed by atoms with van der Waals surface area (Å²) in [6, 6.07) is 0. The van der Waals surface area contributed by atoms with E-state index in [9.17, 15) is 4.79 Å². The fourth-order valence-corrected chi connectivity index (χ4v) is 2.75. The van der Waals surface area contributed by atoms with Gasteiger partial charge in [-0.25, -0.2) is 0 Å². The smallest absolute Gasteiger partial charge is 0.276 e. The van der Waals surface area contributed by atoms with E-state index in [4.69, 9.17) is 5.73 Å². The third-order valence-electron chi connectivity index (χ3n) is 4.15. The maximum atomic E-state index is 12.5. The Labute approximate surface area is 114 Å². The highest BCUT2D eigenvalue weighted by Gasteiger charge is 2.24. The van der Waals surface area contributed by atoms with Crippen LogP contribution in [0.1, 0.15) is 55.7 Å². The highest BCUT2D eigenvalue weighted by Crippen LogP contribution is 2.23. The van der Waals surface area contributed by atoms with Gasteiger partial charge < -0.3 is 10.6 Å². The van der Waals surface area contributed by atoms with E-state index in [0.29, 0.717) is 11.4 Å². The molecule has 1 amide bonds. The van der Waals surface area contributed by atoms with Crippen molar-refractivity contribution in [3.05, 3.63) is 11.4 Å². The molecule has 0 bridgehead atoms. The maximum absolute atomic E-state index is 12.5. The Kier molecular flexibility index (Phi) is 4.45. The van der Waals surface area contributed by atoms with E-state index in [1.54, 1.807) is 0 Å².